The molecular weight excluding hydrogens is 410 g/mol. The second-order valence-corrected chi connectivity index (χ2v) is 8.70. The summed E-state index contributed by atoms with van der Waals surface area (Å²) < 4.78 is 45.6. The van der Waals surface area contributed by atoms with Gasteiger partial charge in [0.15, 0.2) is 0 Å². The van der Waals surface area contributed by atoms with Gasteiger partial charge in [0, 0.05) is 11.3 Å². The molecule has 3 aromatic rings. The molecule has 0 spiro atoms. The monoisotopic (exact) mass is 432 g/mol. The summed E-state index contributed by atoms with van der Waals surface area (Å²) in [5.74, 6) is -0.642. The molecule has 1 aromatic heterocycles. The van der Waals surface area contributed by atoms with E-state index in [-0.39, 0.29) is 11.1 Å². The normalized spacial score (nSPS) is 16.0. The lowest BCUT2D eigenvalue weighted by atomic mass is 10.1. The van der Waals surface area contributed by atoms with Crippen molar-refractivity contribution in [3.05, 3.63) is 66.1 Å². The highest BCUT2D eigenvalue weighted by atomic mass is 32.2. The fourth-order valence-electron chi connectivity index (χ4n) is 3.39. The van der Waals surface area contributed by atoms with Crippen LogP contribution < -0.4 is 9.62 Å². The zero-order valence-corrected chi connectivity index (χ0v) is 17.0. The Morgan fingerprint density at radius 3 is 2.40 bits per heavy atom. The van der Waals surface area contributed by atoms with Gasteiger partial charge in [-0.1, -0.05) is 30.3 Å². The Labute approximate surface area is 175 Å². The van der Waals surface area contributed by atoms with Gasteiger partial charge in [-0.2, -0.15) is 8.78 Å². The lowest BCUT2D eigenvalue weighted by Gasteiger charge is -2.30. The zero-order chi connectivity index (χ0) is 20.9. The van der Waals surface area contributed by atoms with Crippen molar-refractivity contribution in [2.45, 2.75) is 31.1 Å². The van der Waals surface area contributed by atoms with Gasteiger partial charge in [0.2, 0.25) is 5.89 Å². The summed E-state index contributed by atoms with van der Waals surface area (Å²) in [5, 5.41) is 10.4. The summed E-state index contributed by atoms with van der Waals surface area (Å²) in [6.45, 7) is 2.21. The van der Waals surface area contributed by atoms with E-state index in [1.54, 1.807) is 12.1 Å². The number of para-hydroxylation sites is 1. The van der Waals surface area contributed by atoms with Gasteiger partial charge >= 0.3 is 6.43 Å². The Morgan fingerprint density at radius 1 is 1.07 bits per heavy atom. The van der Waals surface area contributed by atoms with E-state index in [9.17, 15) is 13.0 Å². The molecule has 30 heavy (non-hydrogen) atoms. The molecule has 1 aliphatic rings. The first-order valence-corrected chi connectivity index (χ1v) is 10.9. The summed E-state index contributed by atoms with van der Waals surface area (Å²) in [5.41, 5.74) is 2.40. The summed E-state index contributed by atoms with van der Waals surface area (Å²) in [4.78, 5) is 0. The smallest absolute Gasteiger partial charge is 0.314 e. The zero-order valence-electron chi connectivity index (χ0n) is 16.2. The summed E-state index contributed by atoms with van der Waals surface area (Å²) in [6.07, 6.45) is -1.05. The van der Waals surface area contributed by atoms with Crippen molar-refractivity contribution < 1.29 is 17.4 Å². The maximum atomic E-state index is 13.4. The van der Waals surface area contributed by atoms with Crippen LogP contribution in [0.15, 0.2) is 59.0 Å². The number of halogens is 2. The van der Waals surface area contributed by atoms with Crippen LogP contribution in [0.1, 0.15) is 30.7 Å². The van der Waals surface area contributed by atoms with E-state index < -0.39 is 23.3 Å². The van der Waals surface area contributed by atoms with E-state index in [2.05, 4.69) is 15.5 Å². The number of anilines is 1. The van der Waals surface area contributed by atoms with E-state index in [4.69, 9.17) is 4.42 Å². The minimum atomic E-state index is -2.80. The lowest BCUT2D eigenvalue weighted by Crippen LogP contribution is -2.40. The van der Waals surface area contributed by atoms with E-state index in [1.165, 1.54) is 0 Å². The second-order valence-electron chi connectivity index (χ2n) is 7.04. The summed E-state index contributed by atoms with van der Waals surface area (Å²) in [7, 11) is -1.17. The van der Waals surface area contributed by atoms with Crippen LogP contribution in [0.3, 0.4) is 0 Å². The maximum absolute atomic E-state index is 13.4. The Hall–Kier alpha value is -2.65. The molecule has 1 aliphatic heterocycles. The minimum Gasteiger partial charge on any atom is -0.415 e. The van der Waals surface area contributed by atoms with Crippen molar-refractivity contribution in [2.24, 2.45) is 0 Å². The van der Waals surface area contributed by atoms with Gasteiger partial charge in [-0.3, -0.25) is 4.31 Å². The molecule has 2 aromatic carbocycles. The number of alkyl halides is 2. The second kappa shape index (κ2) is 9.44. The first kappa shape index (κ1) is 20.6. The number of benzene rings is 2. The topological polar surface area (TPSA) is 71.3 Å². The molecular formula is C21H22F2N4O2S. The van der Waals surface area contributed by atoms with Crippen LogP contribution in [-0.2, 0) is 17.5 Å². The third kappa shape index (κ3) is 4.73. The molecule has 2 heterocycles. The summed E-state index contributed by atoms with van der Waals surface area (Å²) >= 11 is 0. The minimum absolute atomic E-state index is 0.0510. The molecule has 0 saturated carbocycles. The fraction of sp³-hybridized carbons (Fsp3) is 0.333. The van der Waals surface area contributed by atoms with Crippen LogP contribution in [0.5, 0.6) is 0 Å². The summed E-state index contributed by atoms with van der Waals surface area (Å²) in [6, 6.07) is 16.9. The number of nitrogens with zero attached hydrogens (tertiary/aromatic N) is 3. The Morgan fingerprint density at radius 2 is 1.77 bits per heavy atom. The van der Waals surface area contributed by atoms with Crippen LogP contribution >= 0.6 is 0 Å². The van der Waals surface area contributed by atoms with Crippen LogP contribution in [0, 0.1) is 0 Å². The lowest BCUT2D eigenvalue weighted by molar-refractivity contribution is 0.116. The quantitative estimate of drug-likeness (QED) is 0.609. The van der Waals surface area contributed by atoms with Crippen molar-refractivity contribution >= 4 is 16.7 Å². The van der Waals surface area contributed by atoms with Crippen molar-refractivity contribution in [1.29, 1.82) is 0 Å². The molecule has 1 fully saturated rings. The van der Waals surface area contributed by atoms with Crippen molar-refractivity contribution in [3.63, 3.8) is 0 Å². The Balaban J connectivity index is 1.54. The van der Waals surface area contributed by atoms with Gasteiger partial charge in [0.1, 0.15) is 11.0 Å². The van der Waals surface area contributed by atoms with Crippen LogP contribution in [0.4, 0.5) is 14.5 Å². The predicted octanol–water partition coefficient (Wildman–Crippen LogP) is 4.10. The van der Waals surface area contributed by atoms with Crippen molar-refractivity contribution in [1.82, 2.24) is 15.5 Å². The van der Waals surface area contributed by atoms with E-state index in [0.29, 0.717) is 12.1 Å². The first-order chi connectivity index (χ1) is 14.6. The highest BCUT2D eigenvalue weighted by Gasteiger charge is 2.26. The SMILES string of the molecule is O=S(C1CCNCC1)N(Cc1ccc(-c2nnc(C(F)F)o2)cc1)c1ccccc1. The molecule has 0 aliphatic carbocycles. The number of aromatic nitrogens is 2. The van der Waals surface area contributed by atoms with Gasteiger partial charge in [-0.05, 0) is 55.8 Å². The molecule has 0 radical (unpaired) electrons. The molecule has 1 N–H and O–H groups in total. The van der Waals surface area contributed by atoms with Gasteiger partial charge in [-0.15, -0.1) is 10.2 Å². The number of nitrogens with one attached hydrogen (secondary N) is 1. The maximum Gasteiger partial charge on any atom is 0.314 e. The van der Waals surface area contributed by atoms with Gasteiger partial charge in [0.05, 0.1) is 11.8 Å². The van der Waals surface area contributed by atoms with Crippen LogP contribution in [-0.4, -0.2) is 32.7 Å². The highest BCUT2D eigenvalue weighted by Crippen LogP contribution is 2.26. The molecule has 158 valence electrons. The molecule has 4 rings (SSSR count). The standard InChI is InChI=1S/C21H22F2N4O2S/c22-19(23)21-26-25-20(29-21)16-8-6-15(7-9-16)14-27(17-4-2-1-3-5-17)30(28)18-10-12-24-13-11-18/h1-9,18-19,24H,10-14H2. The number of piperidine rings is 1. The third-order valence-corrected chi connectivity index (χ3v) is 6.80. The average Bonchev–Trinajstić information content (AvgIpc) is 3.29. The molecule has 1 atom stereocenters. The molecule has 1 unspecified atom stereocenters. The fourth-order valence-corrected chi connectivity index (χ4v) is 4.99. The van der Waals surface area contributed by atoms with Crippen LogP contribution in [0.2, 0.25) is 0 Å². The highest BCUT2D eigenvalue weighted by molar-refractivity contribution is 7.87. The molecule has 1 saturated heterocycles. The van der Waals surface area contributed by atoms with Crippen LogP contribution in [0.25, 0.3) is 11.5 Å². The number of hydrogen-bond acceptors (Lipinski definition) is 5. The van der Waals surface area contributed by atoms with E-state index in [1.807, 2.05) is 46.8 Å². The average molecular weight is 432 g/mol. The molecule has 0 amide bonds. The Bertz CT molecular complexity index is 976. The molecule has 6 nitrogen and oxygen atoms in total. The Kier molecular flexibility index (Phi) is 6.49. The molecule has 0 bridgehead atoms. The van der Waals surface area contributed by atoms with Crippen molar-refractivity contribution in [2.75, 3.05) is 17.4 Å². The molecule has 9 heteroatoms. The largest absolute Gasteiger partial charge is 0.415 e. The first-order valence-electron chi connectivity index (χ1n) is 9.76. The van der Waals surface area contributed by atoms with Gasteiger partial charge in [0.25, 0.3) is 5.89 Å². The number of rotatable bonds is 7. The predicted molar refractivity (Wildman–Crippen MR) is 111 cm³/mol. The van der Waals surface area contributed by atoms with Gasteiger partial charge < -0.3 is 9.73 Å². The van der Waals surface area contributed by atoms with E-state index in [0.717, 1.165) is 37.2 Å². The third-order valence-electron chi connectivity index (χ3n) is 4.99. The van der Waals surface area contributed by atoms with E-state index >= 15 is 0 Å². The number of hydrogen-bond donors (Lipinski definition) is 1. The van der Waals surface area contributed by atoms with Gasteiger partial charge in [-0.25, -0.2) is 4.21 Å². The van der Waals surface area contributed by atoms with Crippen molar-refractivity contribution in [3.8, 4) is 11.5 Å².